The highest BCUT2D eigenvalue weighted by Crippen LogP contribution is 2.37. The topological polar surface area (TPSA) is 121 Å². The Morgan fingerprint density at radius 1 is 0.900 bits per heavy atom. The zero-order chi connectivity index (χ0) is 27.9. The van der Waals surface area contributed by atoms with Crippen molar-refractivity contribution in [3.8, 4) is 22.6 Å². The summed E-state index contributed by atoms with van der Waals surface area (Å²) in [4.78, 5) is 16.4. The van der Waals surface area contributed by atoms with Gasteiger partial charge in [0.25, 0.3) is 0 Å². The summed E-state index contributed by atoms with van der Waals surface area (Å²) in [7, 11) is 0. The summed E-state index contributed by atoms with van der Waals surface area (Å²) in [6, 6.07) is 24.5. The Morgan fingerprint density at radius 2 is 1.73 bits per heavy atom. The van der Waals surface area contributed by atoms with Gasteiger partial charge in [0.1, 0.15) is 24.8 Å². The van der Waals surface area contributed by atoms with Crippen molar-refractivity contribution in [1.82, 2.24) is 4.98 Å². The molecule has 8 nitrogen and oxygen atoms in total. The summed E-state index contributed by atoms with van der Waals surface area (Å²) in [6.45, 7) is 2.58. The van der Waals surface area contributed by atoms with Gasteiger partial charge >= 0.3 is 5.97 Å². The zero-order valence-corrected chi connectivity index (χ0v) is 22.1. The number of hydrogen-bond donors (Lipinski definition) is 2. The predicted molar refractivity (Wildman–Crippen MR) is 152 cm³/mol. The Kier molecular flexibility index (Phi) is 8.06. The van der Waals surface area contributed by atoms with E-state index in [4.69, 9.17) is 29.8 Å². The molecule has 0 aliphatic carbocycles. The van der Waals surface area contributed by atoms with Gasteiger partial charge in [-0.25, -0.2) is 0 Å². The number of carbonyl (C=O) groups is 1. The van der Waals surface area contributed by atoms with Crippen molar-refractivity contribution in [2.75, 3.05) is 6.61 Å². The number of ether oxygens (including phenoxy) is 3. The number of nitrogen functional groups attached to an aromatic ring is 1. The largest absolute Gasteiger partial charge is 0.488 e. The van der Waals surface area contributed by atoms with E-state index in [0.717, 1.165) is 33.3 Å². The Hall–Kier alpha value is -5.11. The molecule has 0 spiro atoms. The fraction of sp³-hybridized carbons (Fsp3) is 0.156. The molecular weight excluding hydrogens is 506 g/mol. The zero-order valence-electron chi connectivity index (χ0n) is 22.1. The number of carbonyl (C=O) groups excluding carboxylic acids is 1. The van der Waals surface area contributed by atoms with E-state index in [1.807, 2.05) is 72.8 Å². The van der Waals surface area contributed by atoms with Crippen LogP contribution >= 0.6 is 0 Å². The fourth-order valence-corrected chi connectivity index (χ4v) is 4.36. The second-order valence-electron chi connectivity index (χ2n) is 9.09. The number of nitrogens with two attached hydrogens (primary N) is 1. The van der Waals surface area contributed by atoms with Gasteiger partial charge in [0.2, 0.25) is 0 Å². The molecule has 2 heterocycles. The molecule has 5 aromatic rings. The van der Waals surface area contributed by atoms with Crippen molar-refractivity contribution in [3.05, 3.63) is 114 Å². The van der Waals surface area contributed by atoms with E-state index in [1.54, 1.807) is 25.5 Å². The standard InChI is InChI=1S/C32H29N3O5/c1-2-37-30(36)17-22-8-3-4-12-28(22)38-18-25-19-40-31-27(25)15-24(21-9-7-10-23(14-21)32(33)34)16-29(31)39-20-26-11-5-6-13-35-26/h3-16,19H,2,17-18,20H2,1H3,(H3,33,34). The van der Waals surface area contributed by atoms with Crippen LogP contribution in [0.4, 0.5) is 0 Å². The lowest BCUT2D eigenvalue weighted by Gasteiger charge is -2.12. The van der Waals surface area contributed by atoms with Crippen LogP contribution in [0.25, 0.3) is 22.1 Å². The van der Waals surface area contributed by atoms with Crippen LogP contribution in [0.1, 0.15) is 29.3 Å². The molecule has 0 radical (unpaired) electrons. The van der Waals surface area contributed by atoms with Crippen LogP contribution in [0.15, 0.2) is 95.7 Å². The second kappa shape index (κ2) is 12.2. The molecule has 0 unspecified atom stereocenters. The molecule has 0 fully saturated rings. The van der Waals surface area contributed by atoms with Gasteiger partial charge in [-0.15, -0.1) is 0 Å². The van der Waals surface area contributed by atoms with Gasteiger partial charge in [-0.05, 0) is 54.4 Å². The van der Waals surface area contributed by atoms with E-state index >= 15 is 0 Å². The number of amidine groups is 1. The third-order valence-electron chi connectivity index (χ3n) is 6.32. The Morgan fingerprint density at radius 3 is 2.52 bits per heavy atom. The van der Waals surface area contributed by atoms with Crippen molar-refractivity contribution >= 4 is 22.8 Å². The molecule has 0 bridgehead atoms. The third-order valence-corrected chi connectivity index (χ3v) is 6.32. The molecule has 0 saturated heterocycles. The number of fused-ring (bicyclic) bond motifs is 1. The van der Waals surface area contributed by atoms with Gasteiger partial charge in [-0.1, -0.05) is 42.5 Å². The first-order valence-corrected chi connectivity index (χ1v) is 12.9. The van der Waals surface area contributed by atoms with Gasteiger partial charge in [-0.3, -0.25) is 15.2 Å². The van der Waals surface area contributed by atoms with Gasteiger partial charge < -0.3 is 24.4 Å². The number of aromatic nitrogens is 1. The van der Waals surface area contributed by atoms with E-state index in [1.165, 1.54) is 0 Å². The molecule has 0 atom stereocenters. The first-order valence-electron chi connectivity index (χ1n) is 12.9. The van der Waals surface area contributed by atoms with Crippen LogP contribution in [-0.4, -0.2) is 23.4 Å². The predicted octanol–water partition coefficient (Wildman–Crippen LogP) is 6.04. The molecule has 3 N–H and O–H groups in total. The summed E-state index contributed by atoms with van der Waals surface area (Å²) >= 11 is 0. The first kappa shape index (κ1) is 26.5. The number of esters is 1. The van der Waals surface area contributed by atoms with Crippen LogP contribution in [0.2, 0.25) is 0 Å². The lowest BCUT2D eigenvalue weighted by Crippen LogP contribution is -2.10. The van der Waals surface area contributed by atoms with Crippen molar-refractivity contribution in [2.45, 2.75) is 26.6 Å². The van der Waals surface area contributed by atoms with Gasteiger partial charge in [0, 0.05) is 28.3 Å². The molecule has 0 amide bonds. The Balaban J connectivity index is 1.48. The minimum atomic E-state index is -0.306. The number of nitrogens with zero attached hydrogens (tertiary/aromatic N) is 1. The third kappa shape index (κ3) is 6.13. The molecule has 3 aromatic carbocycles. The molecule has 8 heteroatoms. The maximum atomic E-state index is 12.1. The average Bonchev–Trinajstić information content (AvgIpc) is 3.39. The summed E-state index contributed by atoms with van der Waals surface area (Å²) in [5.41, 5.74) is 11.1. The quantitative estimate of drug-likeness (QED) is 0.120. The van der Waals surface area contributed by atoms with Crippen molar-refractivity contribution < 1.29 is 23.4 Å². The molecule has 40 heavy (non-hydrogen) atoms. The van der Waals surface area contributed by atoms with Gasteiger partial charge in [-0.2, -0.15) is 0 Å². The molecule has 2 aromatic heterocycles. The van der Waals surface area contributed by atoms with Crippen LogP contribution in [0.3, 0.4) is 0 Å². The van der Waals surface area contributed by atoms with Crippen LogP contribution in [-0.2, 0) is 29.2 Å². The molecule has 0 aliphatic rings. The number of benzene rings is 3. The second-order valence-corrected chi connectivity index (χ2v) is 9.09. The average molecular weight is 536 g/mol. The minimum Gasteiger partial charge on any atom is -0.488 e. The highest BCUT2D eigenvalue weighted by Gasteiger charge is 2.17. The summed E-state index contributed by atoms with van der Waals surface area (Å²) < 4.78 is 23.5. The normalized spacial score (nSPS) is 10.8. The van der Waals surface area contributed by atoms with E-state index in [2.05, 4.69) is 4.98 Å². The maximum absolute atomic E-state index is 12.1. The molecule has 5 rings (SSSR count). The first-order chi connectivity index (χ1) is 19.5. The van der Waals surface area contributed by atoms with Crippen LogP contribution in [0.5, 0.6) is 11.5 Å². The highest BCUT2D eigenvalue weighted by molar-refractivity contribution is 5.97. The monoisotopic (exact) mass is 535 g/mol. The molecule has 0 saturated carbocycles. The summed E-state index contributed by atoms with van der Waals surface area (Å²) in [6.07, 6.45) is 3.50. The van der Waals surface area contributed by atoms with E-state index in [-0.39, 0.29) is 31.4 Å². The van der Waals surface area contributed by atoms with Gasteiger partial charge in [0.15, 0.2) is 11.3 Å². The van der Waals surface area contributed by atoms with Crippen LogP contribution < -0.4 is 15.2 Å². The number of pyridine rings is 1. The van der Waals surface area contributed by atoms with Gasteiger partial charge in [0.05, 0.1) is 25.0 Å². The number of hydrogen-bond acceptors (Lipinski definition) is 7. The Labute approximate surface area is 231 Å². The maximum Gasteiger partial charge on any atom is 0.310 e. The van der Waals surface area contributed by atoms with Crippen molar-refractivity contribution in [2.24, 2.45) is 5.73 Å². The molecular formula is C32H29N3O5. The highest BCUT2D eigenvalue weighted by atomic mass is 16.5. The van der Waals surface area contributed by atoms with Crippen molar-refractivity contribution in [3.63, 3.8) is 0 Å². The molecule has 0 aliphatic heterocycles. The lowest BCUT2D eigenvalue weighted by molar-refractivity contribution is -0.142. The summed E-state index contributed by atoms with van der Waals surface area (Å²) in [5, 5.41) is 8.67. The summed E-state index contributed by atoms with van der Waals surface area (Å²) in [5.74, 6) is 0.843. The van der Waals surface area contributed by atoms with E-state index in [0.29, 0.717) is 29.3 Å². The fourth-order valence-electron chi connectivity index (χ4n) is 4.36. The molecule has 202 valence electrons. The van der Waals surface area contributed by atoms with Crippen molar-refractivity contribution in [1.29, 1.82) is 5.41 Å². The van der Waals surface area contributed by atoms with E-state index < -0.39 is 0 Å². The number of nitrogens with one attached hydrogen (secondary N) is 1. The minimum absolute atomic E-state index is 0.00608. The van der Waals surface area contributed by atoms with E-state index in [9.17, 15) is 4.79 Å². The lowest BCUT2D eigenvalue weighted by atomic mass is 10.00. The van der Waals surface area contributed by atoms with Crippen LogP contribution in [0, 0.1) is 5.41 Å². The number of rotatable bonds is 11. The Bertz CT molecular complexity index is 1650. The number of para-hydroxylation sites is 1. The number of furan rings is 1. The smallest absolute Gasteiger partial charge is 0.310 e. The SMILES string of the molecule is CCOC(=O)Cc1ccccc1OCc1coc2c(OCc3ccccn3)cc(-c3cccc(C(=N)N)c3)cc12.